The molecule has 0 amide bonds. The van der Waals surface area contributed by atoms with E-state index in [0.29, 0.717) is 27.7 Å². The summed E-state index contributed by atoms with van der Waals surface area (Å²) in [4.78, 5) is 12.8. The zero-order valence-electron chi connectivity index (χ0n) is 12.8. The van der Waals surface area contributed by atoms with Crippen LogP contribution in [0.4, 0.5) is 0 Å². The summed E-state index contributed by atoms with van der Waals surface area (Å²) in [7, 11) is 3.18. The molecule has 1 aromatic heterocycles. The van der Waals surface area contributed by atoms with E-state index in [-0.39, 0.29) is 5.43 Å². The molecule has 4 heteroatoms. The van der Waals surface area contributed by atoms with Crippen LogP contribution in [0.15, 0.2) is 57.7 Å². The van der Waals surface area contributed by atoms with Crippen LogP contribution in [0.2, 0.25) is 0 Å². The molecule has 0 spiro atoms. The van der Waals surface area contributed by atoms with Crippen molar-refractivity contribution in [3.05, 3.63) is 58.8 Å². The molecule has 4 nitrogen and oxygen atoms in total. The lowest BCUT2D eigenvalue weighted by Crippen LogP contribution is -2.03. The molecular formula is C19H14O4. The van der Waals surface area contributed by atoms with Gasteiger partial charge in [0.25, 0.3) is 0 Å². The van der Waals surface area contributed by atoms with Crippen molar-refractivity contribution in [2.24, 2.45) is 0 Å². The number of fused-ring (bicyclic) bond motifs is 3. The van der Waals surface area contributed by atoms with Gasteiger partial charge in [0.05, 0.1) is 25.0 Å². The van der Waals surface area contributed by atoms with Gasteiger partial charge < -0.3 is 13.9 Å². The summed E-state index contributed by atoms with van der Waals surface area (Å²) >= 11 is 0. The number of para-hydroxylation sites is 1. The van der Waals surface area contributed by atoms with E-state index in [9.17, 15) is 4.79 Å². The highest BCUT2D eigenvalue weighted by molar-refractivity contribution is 6.02. The van der Waals surface area contributed by atoms with Crippen molar-refractivity contribution < 1.29 is 13.9 Å². The van der Waals surface area contributed by atoms with Gasteiger partial charge in [-0.25, -0.2) is 0 Å². The Morgan fingerprint density at radius 3 is 2.35 bits per heavy atom. The third kappa shape index (κ3) is 1.95. The molecule has 0 N–H and O–H groups in total. The Kier molecular flexibility index (Phi) is 2.98. The van der Waals surface area contributed by atoms with Gasteiger partial charge in [-0.1, -0.05) is 18.2 Å². The summed E-state index contributed by atoms with van der Waals surface area (Å²) in [6.07, 6.45) is 0. The van der Waals surface area contributed by atoms with Crippen LogP contribution < -0.4 is 14.9 Å². The number of rotatable bonds is 2. The minimum absolute atomic E-state index is 0.0760. The largest absolute Gasteiger partial charge is 0.496 e. The average Bonchev–Trinajstić information content (AvgIpc) is 2.59. The quantitative estimate of drug-likeness (QED) is 0.523. The van der Waals surface area contributed by atoms with Gasteiger partial charge in [0, 0.05) is 5.39 Å². The summed E-state index contributed by atoms with van der Waals surface area (Å²) in [5.41, 5.74) is 0.926. The number of benzene rings is 3. The minimum atomic E-state index is -0.0760. The zero-order chi connectivity index (χ0) is 16.0. The van der Waals surface area contributed by atoms with Gasteiger partial charge in [0.1, 0.15) is 11.3 Å². The van der Waals surface area contributed by atoms with Gasteiger partial charge in [-0.15, -0.1) is 0 Å². The third-order valence-electron chi connectivity index (χ3n) is 4.06. The highest BCUT2D eigenvalue weighted by Crippen LogP contribution is 2.32. The Morgan fingerprint density at radius 1 is 0.826 bits per heavy atom. The van der Waals surface area contributed by atoms with Crippen LogP contribution >= 0.6 is 0 Å². The number of hydrogen-bond donors (Lipinski definition) is 0. The van der Waals surface area contributed by atoms with E-state index in [1.165, 1.54) is 0 Å². The molecule has 0 radical (unpaired) electrons. The first-order valence-electron chi connectivity index (χ1n) is 7.23. The van der Waals surface area contributed by atoms with Gasteiger partial charge in [0.15, 0.2) is 11.3 Å². The fourth-order valence-corrected chi connectivity index (χ4v) is 2.93. The van der Waals surface area contributed by atoms with E-state index >= 15 is 0 Å². The predicted molar refractivity (Wildman–Crippen MR) is 90.6 cm³/mol. The second-order valence-electron chi connectivity index (χ2n) is 5.30. The molecule has 1 heterocycles. The lowest BCUT2D eigenvalue weighted by molar-refractivity contribution is 0.411. The van der Waals surface area contributed by atoms with Crippen LogP contribution in [0.1, 0.15) is 0 Å². The number of methoxy groups -OCH3 is 2. The van der Waals surface area contributed by atoms with E-state index in [2.05, 4.69) is 0 Å². The highest BCUT2D eigenvalue weighted by Gasteiger charge is 2.13. The monoisotopic (exact) mass is 306 g/mol. The molecule has 0 aliphatic carbocycles. The molecular weight excluding hydrogens is 292 g/mol. The fraction of sp³-hybridized carbons (Fsp3) is 0.105. The van der Waals surface area contributed by atoms with Crippen molar-refractivity contribution in [2.75, 3.05) is 14.2 Å². The smallest absolute Gasteiger partial charge is 0.200 e. The van der Waals surface area contributed by atoms with Crippen LogP contribution in [0.5, 0.6) is 11.5 Å². The molecule has 0 atom stereocenters. The molecule has 0 bridgehead atoms. The second-order valence-corrected chi connectivity index (χ2v) is 5.30. The normalized spacial score (nSPS) is 11.2. The Morgan fingerprint density at radius 2 is 1.57 bits per heavy atom. The summed E-state index contributed by atoms with van der Waals surface area (Å²) in [6.45, 7) is 0. The van der Waals surface area contributed by atoms with Crippen molar-refractivity contribution in [2.45, 2.75) is 0 Å². The van der Waals surface area contributed by atoms with Gasteiger partial charge in [-0.3, -0.25) is 4.79 Å². The summed E-state index contributed by atoms with van der Waals surface area (Å²) < 4.78 is 16.7. The van der Waals surface area contributed by atoms with Crippen molar-refractivity contribution in [3.8, 4) is 11.5 Å². The Bertz CT molecular complexity index is 1110. The van der Waals surface area contributed by atoms with Crippen molar-refractivity contribution >= 4 is 32.7 Å². The molecule has 4 aromatic rings. The molecule has 0 saturated carbocycles. The molecule has 23 heavy (non-hydrogen) atoms. The SMILES string of the molecule is COc1cccc2cc3oc4c(OC)cccc4c(=O)c3cc12. The minimum Gasteiger partial charge on any atom is -0.496 e. The lowest BCUT2D eigenvalue weighted by Gasteiger charge is -2.08. The van der Waals surface area contributed by atoms with Crippen LogP contribution in [0.25, 0.3) is 32.7 Å². The molecule has 114 valence electrons. The van der Waals surface area contributed by atoms with Gasteiger partial charge in [-0.2, -0.15) is 0 Å². The molecule has 0 fully saturated rings. The standard InChI is InChI=1S/C19H14O4/c1-21-15-7-3-5-11-9-17-14(10-13(11)15)18(20)12-6-4-8-16(22-2)19(12)23-17/h3-10H,1-2H3. The molecule has 0 aliphatic rings. The third-order valence-corrected chi connectivity index (χ3v) is 4.06. The van der Waals surface area contributed by atoms with E-state index in [0.717, 1.165) is 16.5 Å². The van der Waals surface area contributed by atoms with Crippen molar-refractivity contribution in [1.29, 1.82) is 0 Å². The molecule has 0 aliphatic heterocycles. The maximum Gasteiger partial charge on any atom is 0.200 e. The highest BCUT2D eigenvalue weighted by atomic mass is 16.5. The first-order chi connectivity index (χ1) is 11.2. The van der Waals surface area contributed by atoms with Gasteiger partial charge in [-0.05, 0) is 35.7 Å². The summed E-state index contributed by atoms with van der Waals surface area (Å²) in [6, 6.07) is 14.7. The van der Waals surface area contributed by atoms with Crippen LogP contribution in [0.3, 0.4) is 0 Å². The maximum atomic E-state index is 12.8. The molecule has 0 saturated heterocycles. The second kappa shape index (κ2) is 5.02. The number of ether oxygens (including phenoxy) is 2. The number of hydrogen-bond acceptors (Lipinski definition) is 4. The summed E-state index contributed by atoms with van der Waals surface area (Å²) in [5.74, 6) is 1.28. The van der Waals surface area contributed by atoms with E-state index < -0.39 is 0 Å². The average molecular weight is 306 g/mol. The van der Waals surface area contributed by atoms with Crippen LogP contribution in [-0.2, 0) is 0 Å². The molecule has 4 rings (SSSR count). The summed E-state index contributed by atoms with van der Waals surface area (Å²) in [5, 5.41) is 2.88. The molecule has 0 unspecified atom stereocenters. The Hall–Kier alpha value is -3.01. The zero-order valence-corrected chi connectivity index (χ0v) is 12.8. The van der Waals surface area contributed by atoms with E-state index in [1.807, 2.05) is 30.3 Å². The van der Waals surface area contributed by atoms with E-state index in [4.69, 9.17) is 13.9 Å². The van der Waals surface area contributed by atoms with Gasteiger partial charge >= 0.3 is 0 Å². The maximum absolute atomic E-state index is 12.8. The lowest BCUT2D eigenvalue weighted by atomic mass is 10.0. The van der Waals surface area contributed by atoms with Crippen LogP contribution in [0, 0.1) is 0 Å². The van der Waals surface area contributed by atoms with Crippen molar-refractivity contribution in [1.82, 2.24) is 0 Å². The fourth-order valence-electron chi connectivity index (χ4n) is 2.93. The molecule has 3 aromatic carbocycles. The van der Waals surface area contributed by atoms with Crippen molar-refractivity contribution in [3.63, 3.8) is 0 Å². The Balaban J connectivity index is 2.21. The predicted octanol–water partition coefficient (Wildman–Crippen LogP) is 4.12. The topological polar surface area (TPSA) is 48.7 Å². The van der Waals surface area contributed by atoms with Crippen LogP contribution in [-0.4, -0.2) is 14.2 Å². The Labute approximate surface area is 131 Å². The first kappa shape index (κ1) is 13.6. The van der Waals surface area contributed by atoms with Gasteiger partial charge in [0.2, 0.25) is 5.43 Å². The first-order valence-corrected chi connectivity index (χ1v) is 7.23. The van der Waals surface area contributed by atoms with E-state index in [1.54, 1.807) is 32.4 Å².